The molecule has 5 nitrogen and oxygen atoms in total. The number of carbonyl (C=O) groups excluding carboxylic acids is 1. The van der Waals surface area contributed by atoms with Crippen molar-refractivity contribution in [2.75, 3.05) is 7.11 Å². The smallest absolute Gasteiger partial charge is 0.356 e. The van der Waals surface area contributed by atoms with Crippen molar-refractivity contribution >= 4 is 27.5 Å². The quantitative estimate of drug-likeness (QED) is 0.785. The molecule has 2 aromatic rings. The summed E-state index contributed by atoms with van der Waals surface area (Å²) in [5, 5.41) is 4.16. The number of alkyl halides is 2. The Balaban J connectivity index is 2.10. The molecule has 0 bridgehead atoms. The van der Waals surface area contributed by atoms with Crippen LogP contribution in [0, 0.1) is 0 Å². The molecular formula is C12H10BrF2N3O2. The molecule has 0 aromatic carbocycles. The fourth-order valence-corrected chi connectivity index (χ4v) is 2.70. The third kappa shape index (κ3) is 2.17. The molecule has 0 unspecified atom stereocenters. The molecule has 3 rings (SSSR count). The lowest BCUT2D eigenvalue weighted by atomic mass is 9.79. The number of rotatable bonds is 2. The maximum atomic E-state index is 13.1. The first kappa shape index (κ1) is 13.4. The van der Waals surface area contributed by atoms with Gasteiger partial charge in [0.15, 0.2) is 11.3 Å². The van der Waals surface area contributed by atoms with E-state index in [1.165, 1.54) is 17.7 Å². The van der Waals surface area contributed by atoms with Gasteiger partial charge >= 0.3 is 5.97 Å². The number of hydrogen-bond donors (Lipinski definition) is 0. The van der Waals surface area contributed by atoms with Crippen molar-refractivity contribution in [3.63, 3.8) is 0 Å². The average molecular weight is 346 g/mol. The molecule has 0 radical (unpaired) electrons. The number of carbonyl (C=O) groups is 1. The van der Waals surface area contributed by atoms with Crippen LogP contribution in [0.3, 0.4) is 0 Å². The van der Waals surface area contributed by atoms with Crippen LogP contribution in [0.15, 0.2) is 16.7 Å². The monoisotopic (exact) mass is 345 g/mol. The molecule has 2 aromatic heterocycles. The molecular weight excluding hydrogens is 336 g/mol. The molecule has 0 aliphatic heterocycles. The van der Waals surface area contributed by atoms with Gasteiger partial charge in [-0.15, -0.1) is 0 Å². The number of esters is 1. The van der Waals surface area contributed by atoms with Crippen molar-refractivity contribution in [3.8, 4) is 0 Å². The average Bonchev–Trinajstić information content (AvgIpc) is 2.73. The molecule has 1 saturated carbocycles. The first-order valence-electron chi connectivity index (χ1n) is 5.92. The summed E-state index contributed by atoms with van der Waals surface area (Å²) < 4.78 is 32.8. The van der Waals surface area contributed by atoms with Gasteiger partial charge in [0.1, 0.15) is 4.60 Å². The highest BCUT2D eigenvalue weighted by molar-refractivity contribution is 9.10. The summed E-state index contributed by atoms with van der Waals surface area (Å²) in [5.41, 5.74) is 1.06. The number of aromatic nitrogens is 3. The number of halogens is 3. The summed E-state index contributed by atoms with van der Waals surface area (Å²) in [6, 6.07) is 3.09. The van der Waals surface area contributed by atoms with Gasteiger partial charge in [-0.2, -0.15) is 5.10 Å². The second-order valence-electron chi connectivity index (χ2n) is 4.76. The van der Waals surface area contributed by atoms with E-state index in [2.05, 4.69) is 30.7 Å². The number of ether oxygens (including phenoxy) is 1. The Morgan fingerprint density at radius 2 is 2.20 bits per heavy atom. The molecule has 0 saturated heterocycles. The van der Waals surface area contributed by atoms with Crippen molar-refractivity contribution in [1.29, 1.82) is 0 Å². The minimum atomic E-state index is -2.64. The van der Waals surface area contributed by atoms with Gasteiger partial charge in [0.05, 0.1) is 12.8 Å². The minimum Gasteiger partial charge on any atom is -0.464 e. The van der Waals surface area contributed by atoms with Gasteiger partial charge in [-0.25, -0.2) is 23.1 Å². The molecule has 0 amide bonds. The maximum Gasteiger partial charge on any atom is 0.356 e. The normalized spacial score (nSPS) is 18.0. The van der Waals surface area contributed by atoms with Crippen molar-refractivity contribution < 1.29 is 18.3 Å². The Morgan fingerprint density at radius 3 is 2.80 bits per heavy atom. The molecule has 1 fully saturated rings. The van der Waals surface area contributed by atoms with Crippen molar-refractivity contribution in [2.24, 2.45) is 0 Å². The standard InChI is InChI=1S/C12H10BrF2N3O2/c1-20-11(19)7-2-8(6-4-12(14,15)5-6)18-10(16-7)3-9(13)17-18/h2-3,6H,4-5H2,1H3. The highest BCUT2D eigenvalue weighted by atomic mass is 79.9. The van der Waals surface area contributed by atoms with Crippen LogP contribution in [0.4, 0.5) is 8.78 Å². The molecule has 0 atom stereocenters. The number of hydrogen-bond acceptors (Lipinski definition) is 4. The van der Waals surface area contributed by atoms with Gasteiger partial charge in [-0.3, -0.25) is 0 Å². The second kappa shape index (κ2) is 4.47. The van der Waals surface area contributed by atoms with E-state index in [0.29, 0.717) is 15.9 Å². The van der Waals surface area contributed by atoms with Gasteiger partial charge in [0.25, 0.3) is 0 Å². The molecule has 106 valence electrons. The third-order valence-electron chi connectivity index (χ3n) is 3.33. The van der Waals surface area contributed by atoms with Crippen LogP contribution in [0.25, 0.3) is 5.65 Å². The first-order chi connectivity index (χ1) is 9.39. The van der Waals surface area contributed by atoms with Crippen LogP contribution in [0.5, 0.6) is 0 Å². The Labute approximate surface area is 121 Å². The topological polar surface area (TPSA) is 56.5 Å². The largest absolute Gasteiger partial charge is 0.464 e. The summed E-state index contributed by atoms with van der Waals surface area (Å²) in [6.07, 6.45) is -0.492. The van der Waals surface area contributed by atoms with Crippen molar-refractivity contribution in [2.45, 2.75) is 24.7 Å². The van der Waals surface area contributed by atoms with E-state index < -0.39 is 11.9 Å². The minimum absolute atomic E-state index is 0.0950. The summed E-state index contributed by atoms with van der Waals surface area (Å²) in [4.78, 5) is 15.7. The zero-order chi connectivity index (χ0) is 14.5. The molecule has 1 aliphatic carbocycles. The van der Waals surface area contributed by atoms with Crippen molar-refractivity contribution in [3.05, 3.63) is 28.1 Å². The van der Waals surface area contributed by atoms with Gasteiger partial charge in [0, 0.05) is 24.8 Å². The Morgan fingerprint density at radius 1 is 1.50 bits per heavy atom. The first-order valence-corrected chi connectivity index (χ1v) is 6.71. The van der Waals surface area contributed by atoms with E-state index in [9.17, 15) is 13.6 Å². The van der Waals surface area contributed by atoms with Crippen molar-refractivity contribution in [1.82, 2.24) is 14.6 Å². The predicted octanol–water partition coefficient (Wildman–Crippen LogP) is 2.79. The fraction of sp³-hybridized carbons (Fsp3) is 0.417. The third-order valence-corrected chi connectivity index (χ3v) is 3.72. The Bertz CT molecular complexity index is 693. The summed E-state index contributed by atoms with van der Waals surface area (Å²) in [6.45, 7) is 0. The van der Waals surface area contributed by atoms with E-state index in [1.54, 1.807) is 6.07 Å². The lowest BCUT2D eigenvalue weighted by Crippen LogP contribution is -2.35. The fourth-order valence-electron chi connectivity index (χ4n) is 2.34. The van der Waals surface area contributed by atoms with E-state index in [4.69, 9.17) is 0 Å². The van der Waals surface area contributed by atoms with Crippen LogP contribution in [-0.4, -0.2) is 33.6 Å². The lowest BCUT2D eigenvalue weighted by Gasteiger charge is -2.35. The molecule has 8 heteroatoms. The van der Waals surface area contributed by atoms with Gasteiger partial charge < -0.3 is 4.74 Å². The van der Waals surface area contributed by atoms with Crippen LogP contribution < -0.4 is 0 Å². The molecule has 1 aliphatic rings. The van der Waals surface area contributed by atoms with Crippen LogP contribution in [0.2, 0.25) is 0 Å². The summed E-state index contributed by atoms with van der Waals surface area (Å²) in [7, 11) is 1.25. The highest BCUT2D eigenvalue weighted by Gasteiger charge is 2.47. The van der Waals surface area contributed by atoms with Gasteiger partial charge in [-0.1, -0.05) is 0 Å². The maximum absolute atomic E-state index is 13.1. The zero-order valence-corrected chi connectivity index (χ0v) is 12.0. The number of methoxy groups -OCH3 is 1. The van der Waals surface area contributed by atoms with E-state index >= 15 is 0 Å². The number of fused-ring (bicyclic) bond motifs is 1. The van der Waals surface area contributed by atoms with Crippen LogP contribution in [-0.2, 0) is 4.74 Å². The van der Waals surface area contributed by atoms with E-state index in [1.807, 2.05) is 0 Å². The van der Waals surface area contributed by atoms with Crippen LogP contribution in [0.1, 0.15) is 34.9 Å². The Kier molecular flexibility index (Phi) is 3.00. The predicted molar refractivity (Wildman–Crippen MR) is 68.9 cm³/mol. The number of nitrogens with zero attached hydrogens (tertiary/aromatic N) is 3. The van der Waals surface area contributed by atoms with Crippen LogP contribution >= 0.6 is 15.9 Å². The van der Waals surface area contributed by atoms with Gasteiger partial charge in [0.2, 0.25) is 5.92 Å². The molecule has 0 spiro atoms. The summed E-state index contributed by atoms with van der Waals surface area (Å²) in [5.74, 6) is -3.58. The molecule has 20 heavy (non-hydrogen) atoms. The molecule has 2 heterocycles. The van der Waals surface area contributed by atoms with E-state index in [0.717, 1.165) is 0 Å². The van der Waals surface area contributed by atoms with Gasteiger partial charge in [-0.05, 0) is 22.0 Å². The highest BCUT2D eigenvalue weighted by Crippen LogP contribution is 2.48. The summed E-state index contributed by atoms with van der Waals surface area (Å²) >= 11 is 3.21. The second-order valence-corrected chi connectivity index (χ2v) is 5.57. The Hall–Kier alpha value is -1.57. The van der Waals surface area contributed by atoms with E-state index in [-0.39, 0.29) is 24.5 Å². The lowest BCUT2D eigenvalue weighted by molar-refractivity contribution is -0.0879. The zero-order valence-electron chi connectivity index (χ0n) is 10.4. The SMILES string of the molecule is COC(=O)c1cc(C2CC(F)(F)C2)n2nc(Br)cc2n1. The molecule has 0 N–H and O–H groups in total.